The molecule has 0 spiro atoms. The van der Waals surface area contributed by atoms with Gasteiger partial charge < -0.3 is 14.2 Å². The fourth-order valence-corrected chi connectivity index (χ4v) is 1.82. The number of ether oxygens (including phenoxy) is 3. The van der Waals surface area contributed by atoms with E-state index in [-0.39, 0.29) is 6.29 Å². The Bertz CT molecular complexity index is 385. The summed E-state index contributed by atoms with van der Waals surface area (Å²) in [6.45, 7) is 1.89. The lowest BCUT2D eigenvalue weighted by molar-refractivity contribution is -0.163. The van der Waals surface area contributed by atoms with Gasteiger partial charge in [-0.1, -0.05) is 0 Å². The molecule has 1 aliphatic rings. The molecule has 6 nitrogen and oxygen atoms in total. The van der Waals surface area contributed by atoms with E-state index < -0.39 is 5.97 Å². The zero-order valence-electron chi connectivity index (χ0n) is 10.5. The molecule has 0 radical (unpaired) electrons. The number of rotatable bonds is 5. The lowest BCUT2D eigenvalue weighted by Crippen LogP contribution is -2.24. The molecule has 0 saturated carbocycles. The van der Waals surface area contributed by atoms with Crippen molar-refractivity contribution in [1.82, 2.24) is 9.78 Å². The summed E-state index contributed by atoms with van der Waals surface area (Å²) in [7, 11) is 1.34. The van der Waals surface area contributed by atoms with Crippen molar-refractivity contribution in [2.45, 2.75) is 32.1 Å². The SMILES string of the molecule is COC(=O)c1ccn(CCOC2CCCCO2)n1. The van der Waals surface area contributed by atoms with Gasteiger partial charge in [-0.2, -0.15) is 5.10 Å². The number of aromatic nitrogens is 2. The number of carbonyl (C=O) groups is 1. The maximum atomic E-state index is 11.2. The van der Waals surface area contributed by atoms with Gasteiger partial charge >= 0.3 is 5.97 Å². The molecule has 1 aliphatic heterocycles. The normalized spacial score (nSPS) is 19.7. The highest BCUT2D eigenvalue weighted by atomic mass is 16.7. The Balaban J connectivity index is 1.72. The van der Waals surface area contributed by atoms with E-state index in [0.29, 0.717) is 18.8 Å². The predicted octanol–water partition coefficient (Wildman–Crippen LogP) is 1.21. The van der Waals surface area contributed by atoms with Crippen molar-refractivity contribution in [3.8, 4) is 0 Å². The van der Waals surface area contributed by atoms with Crippen LogP contribution in [-0.4, -0.2) is 42.4 Å². The van der Waals surface area contributed by atoms with Crippen molar-refractivity contribution in [1.29, 1.82) is 0 Å². The van der Waals surface area contributed by atoms with Crippen LogP contribution in [0.1, 0.15) is 29.8 Å². The van der Waals surface area contributed by atoms with Crippen LogP contribution in [0.5, 0.6) is 0 Å². The first-order valence-electron chi connectivity index (χ1n) is 6.14. The predicted molar refractivity (Wildman–Crippen MR) is 63.1 cm³/mol. The van der Waals surface area contributed by atoms with Crippen LogP contribution in [0.2, 0.25) is 0 Å². The Morgan fingerprint density at radius 1 is 1.61 bits per heavy atom. The number of methoxy groups -OCH3 is 1. The molecule has 0 bridgehead atoms. The Morgan fingerprint density at radius 3 is 3.22 bits per heavy atom. The van der Waals surface area contributed by atoms with Crippen LogP contribution >= 0.6 is 0 Å². The third-order valence-electron chi connectivity index (χ3n) is 2.80. The minimum absolute atomic E-state index is 0.0885. The average Bonchev–Trinajstić information content (AvgIpc) is 2.88. The van der Waals surface area contributed by atoms with Gasteiger partial charge in [-0.05, 0) is 25.3 Å². The summed E-state index contributed by atoms with van der Waals surface area (Å²) in [5, 5.41) is 4.08. The summed E-state index contributed by atoms with van der Waals surface area (Å²) in [5.41, 5.74) is 0.311. The fraction of sp³-hybridized carbons (Fsp3) is 0.667. The molecular formula is C12H18N2O4. The number of esters is 1. The van der Waals surface area contributed by atoms with Crippen molar-refractivity contribution in [2.24, 2.45) is 0 Å². The lowest BCUT2D eigenvalue weighted by atomic mass is 10.2. The first kappa shape index (κ1) is 13.0. The van der Waals surface area contributed by atoms with Crippen molar-refractivity contribution in [2.75, 3.05) is 20.3 Å². The molecule has 1 saturated heterocycles. The van der Waals surface area contributed by atoms with E-state index in [1.807, 2.05) is 0 Å². The molecule has 6 heteroatoms. The van der Waals surface area contributed by atoms with Crippen LogP contribution in [0.25, 0.3) is 0 Å². The van der Waals surface area contributed by atoms with E-state index in [9.17, 15) is 4.79 Å². The molecule has 1 aromatic heterocycles. The third-order valence-corrected chi connectivity index (χ3v) is 2.80. The largest absolute Gasteiger partial charge is 0.464 e. The third kappa shape index (κ3) is 3.54. The second-order valence-corrected chi connectivity index (χ2v) is 4.12. The first-order valence-corrected chi connectivity index (χ1v) is 6.14. The Hall–Kier alpha value is -1.40. The second-order valence-electron chi connectivity index (χ2n) is 4.12. The molecule has 1 fully saturated rings. The molecule has 2 heterocycles. The summed E-state index contributed by atoms with van der Waals surface area (Å²) in [6, 6.07) is 1.63. The topological polar surface area (TPSA) is 62.6 Å². The quantitative estimate of drug-likeness (QED) is 0.739. The summed E-state index contributed by atoms with van der Waals surface area (Å²) < 4.78 is 17.3. The van der Waals surface area contributed by atoms with Gasteiger partial charge in [0, 0.05) is 12.8 Å². The molecule has 0 aliphatic carbocycles. The van der Waals surface area contributed by atoms with Crippen molar-refractivity contribution < 1.29 is 19.0 Å². The minimum atomic E-state index is -0.426. The van der Waals surface area contributed by atoms with Crippen molar-refractivity contribution in [3.05, 3.63) is 18.0 Å². The highest BCUT2D eigenvalue weighted by Gasteiger charge is 2.14. The Labute approximate surface area is 106 Å². The maximum absolute atomic E-state index is 11.2. The molecule has 2 rings (SSSR count). The van der Waals surface area contributed by atoms with Crippen LogP contribution in [-0.2, 0) is 20.8 Å². The van der Waals surface area contributed by atoms with E-state index in [2.05, 4.69) is 9.84 Å². The second kappa shape index (κ2) is 6.51. The van der Waals surface area contributed by atoms with Gasteiger partial charge in [0.2, 0.25) is 0 Å². The summed E-state index contributed by atoms with van der Waals surface area (Å²) in [6.07, 6.45) is 4.86. The molecule has 1 aromatic rings. The minimum Gasteiger partial charge on any atom is -0.464 e. The van der Waals surface area contributed by atoms with Gasteiger partial charge in [0.15, 0.2) is 12.0 Å². The highest BCUT2D eigenvalue weighted by Crippen LogP contribution is 2.13. The van der Waals surface area contributed by atoms with E-state index in [1.165, 1.54) is 7.11 Å². The van der Waals surface area contributed by atoms with E-state index in [0.717, 1.165) is 25.9 Å². The van der Waals surface area contributed by atoms with Gasteiger partial charge in [-0.25, -0.2) is 4.79 Å². The molecule has 1 atom stereocenters. The monoisotopic (exact) mass is 254 g/mol. The summed E-state index contributed by atoms with van der Waals surface area (Å²) >= 11 is 0. The van der Waals surface area contributed by atoms with Crippen LogP contribution in [0, 0.1) is 0 Å². The van der Waals surface area contributed by atoms with E-state index >= 15 is 0 Å². The van der Waals surface area contributed by atoms with Gasteiger partial charge in [-0.3, -0.25) is 4.68 Å². The lowest BCUT2D eigenvalue weighted by Gasteiger charge is -2.22. The number of nitrogens with zero attached hydrogens (tertiary/aromatic N) is 2. The fourth-order valence-electron chi connectivity index (χ4n) is 1.82. The van der Waals surface area contributed by atoms with Crippen LogP contribution in [0.4, 0.5) is 0 Å². The van der Waals surface area contributed by atoms with Crippen LogP contribution < -0.4 is 0 Å². The van der Waals surface area contributed by atoms with E-state index in [1.54, 1.807) is 16.9 Å². The molecule has 0 N–H and O–H groups in total. The molecular weight excluding hydrogens is 236 g/mol. The summed E-state index contributed by atoms with van der Waals surface area (Å²) in [5.74, 6) is -0.426. The van der Waals surface area contributed by atoms with Gasteiger partial charge in [-0.15, -0.1) is 0 Å². The first-order chi connectivity index (χ1) is 8.79. The number of carbonyl (C=O) groups excluding carboxylic acids is 1. The number of hydrogen-bond acceptors (Lipinski definition) is 5. The smallest absolute Gasteiger partial charge is 0.358 e. The van der Waals surface area contributed by atoms with Gasteiger partial charge in [0.1, 0.15) is 0 Å². The molecule has 100 valence electrons. The summed E-state index contributed by atoms with van der Waals surface area (Å²) in [4.78, 5) is 11.2. The zero-order valence-corrected chi connectivity index (χ0v) is 10.5. The van der Waals surface area contributed by atoms with Crippen LogP contribution in [0.3, 0.4) is 0 Å². The number of hydrogen-bond donors (Lipinski definition) is 0. The maximum Gasteiger partial charge on any atom is 0.358 e. The van der Waals surface area contributed by atoms with Gasteiger partial charge in [0.25, 0.3) is 0 Å². The van der Waals surface area contributed by atoms with Gasteiger partial charge in [0.05, 0.1) is 20.3 Å². The van der Waals surface area contributed by atoms with Crippen molar-refractivity contribution in [3.63, 3.8) is 0 Å². The Morgan fingerprint density at radius 2 is 2.50 bits per heavy atom. The average molecular weight is 254 g/mol. The van der Waals surface area contributed by atoms with Crippen molar-refractivity contribution >= 4 is 5.97 Å². The Kier molecular flexibility index (Phi) is 4.72. The highest BCUT2D eigenvalue weighted by molar-refractivity contribution is 5.86. The molecule has 0 aromatic carbocycles. The molecule has 18 heavy (non-hydrogen) atoms. The molecule has 0 amide bonds. The van der Waals surface area contributed by atoms with Crippen LogP contribution in [0.15, 0.2) is 12.3 Å². The van der Waals surface area contributed by atoms with E-state index in [4.69, 9.17) is 9.47 Å². The zero-order chi connectivity index (χ0) is 12.8. The standard InChI is InChI=1S/C12H18N2O4/c1-16-12(15)10-5-6-14(13-10)7-9-18-11-4-2-3-8-17-11/h5-6,11H,2-4,7-9H2,1H3. The molecule has 1 unspecified atom stereocenters.